The zero-order valence-corrected chi connectivity index (χ0v) is 10.4. The molecule has 6 nitrogen and oxygen atoms in total. The van der Waals surface area contributed by atoms with E-state index in [-0.39, 0.29) is 11.6 Å². The number of hydrazine groups is 1. The number of benzene rings is 1. The summed E-state index contributed by atoms with van der Waals surface area (Å²) in [6.45, 7) is 0. The van der Waals surface area contributed by atoms with Crippen molar-refractivity contribution in [1.82, 2.24) is 15.4 Å². The molecular weight excluding hydrogens is 289 g/mol. The smallest absolute Gasteiger partial charge is 0.406 e. The van der Waals surface area contributed by atoms with Gasteiger partial charge in [-0.2, -0.15) is 0 Å². The zero-order valence-electron chi connectivity index (χ0n) is 10.4. The highest BCUT2D eigenvalue weighted by atomic mass is 19.4. The molecule has 0 fully saturated rings. The second kappa shape index (κ2) is 5.75. The lowest BCUT2D eigenvalue weighted by molar-refractivity contribution is -0.274. The number of alkyl halides is 3. The first-order valence-corrected chi connectivity index (χ1v) is 5.59. The standard InChI is InChI=1S/C12H9F3N4O2/c13-12(14,15)21-8-3-1-7(2-4-8)9-5-6-17-10(18-9)11(20)19-16/h1-6H,16H2,(H,19,20). The molecule has 0 aliphatic carbocycles. The van der Waals surface area contributed by atoms with Gasteiger partial charge in [-0.25, -0.2) is 15.8 Å². The highest BCUT2D eigenvalue weighted by Crippen LogP contribution is 2.25. The number of nitrogens with one attached hydrogen (secondary N) is 1. The van der Waals surface area contributed by atoms with E-state index in [1.54, 1.807) is 0 Å². The Morgan fingerprint density at radius 3 is 2.43 bits per heavy atom. The van der Waals surface area contributed by atoms with Crippen LogP contribution in [0, 0.1) is 0 Å². The van der Waals surface area contributed by atoms with Crippen LogP contribution in [0.15, 0.2) is 36.5 Å². The molecule has 0 saturated carbocycles. The van der Waals surface area contributed by atoms with E-state index in [2.05, 4.69) is 14.7 Å². The molecule has 2 aromatic rings. The topological polar surface area (TPSA) is 90.1 Å². The molecule has 9 heteroatoms. The van der Waals surface area contributed by atoms with Gasteiger partial charge >= 0.3 is 12.3 Å². The minimum absolute atomic E-state index is 0.148. The van der Waals surface area contributed by atoms with Gasteiger partial charge in [0.05, 0.1) is 5.69 Å². The summed E-state index contributed by atoms with van der Waals surface area (Å²) < 4.78 is 39.9. The van der Waals surface area contributed by atoms with E-state index in [0.717, 1.165) is 12.1 Å². The first-order valence-electron chi connectivity index (χ1n) is 5.59. The summed E-state index contributed by atoms with van der Waals surface area (Å²) in [5.74, 6) is 3.80. The summed E-state index contributed by atoms with van der Waals surface area (Å²) in [7, 11) is 0. The molecule has 0 aliphatic heterocycles. The maximum absolute atomic E-state index is 12.0. The largest absolute Gasteiger partial charge is 0.573 e. The van der Waals surface area contributed by atoms with Gasteiger partial charge in [0, 0.05) is 11.8 Å². The molecule has 0 radical (unpaired) electrons. The van der Waals surface area contributed by atoms with Crippen molar-refractivity contribution in [2.45, 2.75) is 6.36 Å². The highest BCUT2D eigenvalue weighted by Gasteiger charge is 2.30. The quantitative estimate of drug-likeness (QED) is 0.511. The fourth-order valence-electron chi connectivity index (χ4n) is 1.52. The number of nitrogens with two attached hydrogens (primary N) is 1. The van der Waals surface area contributed by atoms with Crippen molar-refractivity contribution in [1.29, 1.82) is 0 Å². The molecule has 3 N–H and O–H groups in total. The fraction of sp³-hybridized carbons (Fsp3) is 0.0833. The lowest BCUT2D eigenvalue weighted by Gasteiger charge is -2.09. The number of carbonyl (C=O) groups is 1. The third-order valence-electron chi connectivity index (χ3n) is 2.37. The zero-order chi connectivity index (χ0) is 15.5. The summed E-state index contributed by atoms with van der Waals surface area (Å²) in [6, 6.07) is 6.56. The molecule has 1 heterocycles. The van der Waals surface area contributed by atoms with Crippen LogP contribution in [0.25, 0.3) is 11.3 Å². The number of ether oxygens (including phenoxy) is 1. The van der Waals surface area contributed by atoms with E-state index in [4.69, 9.17) is 5.84 Å². The number of hydrogen-bond acceptors (Lipinski definition) is 5. The molecule has 0 bridgehead atoms. The van der Waals surface area contributed by atoms with E-state index in [1.165, 1.54) is 24.4 Å². The Labute approximate surface area is 116 Å². The van der Waals surface area contributed by atoms with Crippen molar-refractivity contribution in [3.05, 3.63) is 42.4 Å². The van der Waals surface area contributed by atoms with Crippen LogP contribution in [0.5, 0.6) is 5.75 Å². The fourth-order valence-corrected chi connectivity index (χ4v) is 1.52. The molecule has 0 saturated heterocycles. The second-order valence-corrected chi connectivity index (χ2v) is 3.81. The van der Waals surface area contributed by atoms with Gasteiger partial charge in [0.25, 0.3) is 0 Å². The molecule has 0 unspecified atom stereocenters. The number of nitrogens with zero attached hydrogens (tertiary/aromatic N) is 2. The molecule has 1 amide bonds. The predicted molar refractivity (Wildman–Crippen MR) is 65.8 cm³/mol. The van der Waals surface area contributed by atoms with Crippen LogP contribution in [-0.4, -0.2) is 22.2 Å². The monoisotopic (exact) mass is 298 g/mol. The summed E-state index contributed by atoms with van der Waals surface area (Å²) in [6.07, 6.45) is -3.41. The molecule has 0 aliphatic rings. The number of aromatic nitrogens is 2. The van der Waals surface area contributed by atoms with Crippen molar-refractivity contribution < 1.29 is 22.7 Å². The predicted octanol–water partition coefficient (Wildman–Crippen LogP) is 1.65. The summed E-state index contributed by atoms with van der Waals surface area (Å²) in [5, 5.41) is 0. The molecular formula is C12H9F3N4O2. The Hall–Kier alpha value is -2.68. The Morgan fingerprint density at radius 1 is 1.19 bits per heavy atom. The van der Waals surface area contributed by atoms with Gasteiger partial charge < -0.3 is 4.74 Å². The first-order chi connectivity index (χ1) is 9.89. The maximum Gasteiger partial charge on any atom is 0.573 e. The van der Waals surface area contributed by atoms with Crippen LogP contribution in [0.2, 0.25) is 0 Å². The number of carbonyl (C=O) groups excluding carboxylic acids is 1. The Kier molecular flexibility index (Phi) is 4.03. The van der Waals surface area contributed by atoms with Crippen LogP contribution >= 0.6 is 0 Å². The summed E-state index contributed by atoms with van der Waals surface area (Å²) in [5.41, 5.74) is 2.75. The van der Waals surface area contributed by atoms with Crippen molar-refractivity contribution in [3.63, 3.8) is 0 Å². The Balaban J connectivity index is 2.25. The molecule has 0 spiro atoms. The Bertz CT molecular complexity index is 644. The van der Waals surface area contributed by atoms with E-state index >= 15 is 0 Å². The molecule has 1 aromatic heterocycles. The van der Waals surface area contributed by atoms with Crippen molar-refractivity contribution in [2.24, 2.45) is 5.84 Å². The lowest BCUT2D eigenvalue weighted by Crippen LogP contribution is -2.31. The molecule has 0 atom stereocenters. The van der Waals surface area contributed by atoms with Crippen LogP contribution in [0.4, 0.5) is 13.2 Å². The average Bonchev–Trinajstić information content (AvgIpc) is 2.45. The van der Waals surface area contributed by atoms with Gasteiger partial charge in [-0.15, -0.1) is 13.2 Å². The maximum atomic E-state index is 12.0. The number of halogens is 3. The normalized spacial score (nSPS) is 11.0. The van der Waals surface area contributed by atoms with Gasteiger partial charge in [0.15, 0.2) is 0 Å². The third kappa shape index (κ3) is 3.89. The third-order valence-corrected chi connectivity index (χ3v) is 2.37. The van der Waals surface area contributed by atoms with Crippen LogP contribution in [0.1, 0.15) is 10.6 Å². The minimum atomic E-state index is -4.75. The van der Waals surface area contributed by atoms with E-state index in [9.17, 15) is 18.0 Å². The minimum Gasteiger partial charge on any atom is -0.406 e. The van der Waals surface area contributed by atoms with Gasteiger partial charge in [-0.05, 0) is 30.3 Å². The number of rotatable bonds is 3. The van der Waals surface area contributed by atoms with Gasteiger partial charge in [-0.1, -0.05) is 0 Å². The lowest BCUT2D eigenvalue weighted by atomic mass is 10.1. The highest BCUT2D eigenvalue weighted by molar-refractivity contribution is 5.90. The first kappa shape index (κ1) is 14.7. The number of amides is 1. The van der Waals surface area contributed by atoms with E-state index < -0.39 is 12.3 Å². The van der Waals surface area contributed by atoms with Crippen LogP contribution < -0.4 is 16.0 Å². The van der Waals surface area contributed by atoms with Crippen molar-refractivity contribution >= 4 is 5.91 Å². The summed E-state index contributed by atoms with van der Waals surface area (Å²) >= 11 is 0. The van der Waals surface area contributed by atoms with Crippen LogP contribution in [-0.2, 0) is 0 Å². The van der Waals surface area contributed by atoms with Gasteiger partial charge in [-0.3, -0.25) is 10.2 Å². The van der Waals surface area contributed by atoms with E-state index in [1.807, 2.05) is 5.43 Å². The van der Waals surface area contributed by atoms with Gasteiger partial charge in [0.1, 0.15) is 5.75 Å². The second-order valence-electron chi connectivity index (χ2n) is 3.81. The Morgan fingerprint density at radius 2 is 1.86 bits per heavy atom. The SMILES string of the molecule is NNC(=O)c1nccc(-c2ccc(OC(F)(F)F)cc2)n1. The molecule has 110 valence electrons. The van der Waals surface area contributed by atoms with Gasteiger partial charge in [0.2, 0.25) is 5.82 Å². The average molecular weight is 298 g/mol. The van der Waals surface area contributed by atoms with E-state index in [0.29, 0.717) is 11.3 Å². The van der Waals surface area contributed by atoms with Crippen molar-refractivity contribution in [2.75, 3.05) is 0 Å². The summed E-state index contributed by atoms with van der Waals surface area (Å²) in [4.78, 5) is 19.0. The van der Waals surface area contributed by atoms with Crippen molar-refractivity contribution in [3.8, 4) is 17.0 Å². The number of hydrogen-bond donors (Lipinski definition) is 2. The number of nitrogen functional groups attached to an aromatic ring is 1. The molecule has 1 aromatic carbocycles. The van der Waals surface area contributed by atoms with Crippen LogP contribution in [0.3, 0.4) is 0 Å². The molecule has 21 heavy (non-hydrogen) atoms. The molecule has 2 rings (SSSR count).